The molecular formula is C21H22O3. The van der Waals surface area contributed by atoms with Crippen LogP contribution in [0.5, 0.6) is 0 Å². The average molecular weight is 322 g/mol. The first kappa shape index (κ1) is 17.7. The second-order valence-corrected chi connectivity index (χ2v) is 5.39. The van der Waals surface area contributed by atoms with E-state index in [0.29, 0.717) is 24.0 Å². The summed E-state index contributed by atoms with van der Waals surface area (Å²) in [5, 5.41) is 9.16. The number of ketones is 1. The molecule has 1 N–H and O–H groups in total. The molecular weight excluding hydrogens is 300 g/mol. The van der Waals surface area contributed by atoms with Crippen LogP contribution in [0.15, 0.2) is 65.7 Å². The number of allylic oxidation sites excluding steroid dienone is 1. The van der Waals surface area contributed by atoms with Gasteiger partial charge in [0.2, 0.25) is 0 Å². The molecule has 0 atom stereocenters. The fourth-order valence-electron chi connectivity index (χ4n) is 2.85. The Kier molecular flexibility index (Phi) is 6.07. The van der Waals surface area contributed by atoms with Gasteiger partial charge in [-0.15, -0.1) is 0 Å². The third-order valence-corrected chi connectivity index (χ3v) is 4.00. The molecule has 3 rings (SSSR count). The van der Waals surface area contributed by atoms with E-state index in [1.807, 2.05) is 56.3 Å². The van der Waals surface area contributed by atoms with Crippen LogP contribution in [-0.2, 0) is 4.79 Å². The summed E-state index contributed by atoms with van der Waals surface area (Å²) in [7, 11) is 0. The summed E-state index contributed by atoms with van der Waals surface area (Å²) < 4.78 is 0. The summed E-state index contributed by atoms with van der Waals surface area (Å²) >= 11 is 0. The Morgan fingerprint density at radius 2 is 1.33 bits per heavy atom. The van der Waals surface area contributed by atoms with Gasteiger partial charge in [-0.2, -0.15) is 0 Å². The molecule has 2 aromatic rings. The predicted octanol–water partition coefficient (Wildman–Crippen LogP) is 5.13. The van der Waals surface area contributed by atoms with Crippen molar-refractivity contribution in [1.29, 1.82) is 0 Å². The molecule has 0 aliphatic heterocycles. The fourth-order valence-corrected chi connectivity index (χ4v) is 2.85. The van der Waals surface area contributed by atoms with Gasteiger partial charge in [-0.25, -0.2) is 4.79 Å². The van der Waals surface area contributed by atoms with Crippen molar-refractivity contribution in [2.24, 2.45) is 0 Å². The Bertz CT molecular complexity index is 740. The van der Waals surface area contributed by atoms with Crippen LogP contribution in [0.2, 0.25) is 0 Å². The van der Waals surface area contributed by atoms with Gasteiger partial charge in [0.1, 0.15) is 0 Å². The van der Waals surface area contributed by atoms with Gasteiger partial charge in [0.05, 0.1) is 0 Å². The van der Waals surface area contributed by atoms with Crippen molar-refractivity contribution in [3.05, 3.63) is 71.3 Å². The SMILES string of the molecule is CC.O=C(O)C1=C(C(=O)c2ccc(-c3ccccc3)cc2)CCC1. The number of hydrogen-bond acceptors (Lipinski definition) is 2. The quantitative estimate of drug-likeness (QED) is 0.794. The molecule has 0 amide bonds. The number of carbonyl (C=O) groups excluding carboxylic acids is 1. The number of carboxylic acid groups (broad SMARTS) is 1. The zero-order valence-electron chi connectivity index (χ0n) is 14.1. The van der Waals surface area contributed by atoms with Crippen molar-refractivity contribution in [1.82, 2.24) is 0 Å². The summed E-state index contributed by atoms with van der Waals surface area (Å²) in [4.78, 5) is 23.7. The second kappa shape index (κ2) is 8.25. The molecule has 24 heavy (non-hydrogen) atoms. The molecule has 1 aliphatic carbocycles. The first-order valence-corrected chi connectivity index (χ1v) is 8.32. The van der Waals surface area contributed by atoms with Gasteiger partial charge in [-0.3, -0.25) is 4.79 Å². The van der Waals surface area contributed by atoms with Gasteiger partial charge in [0.15, 0.2) is 5.78 Å². The highest BCUT2D eigenvalue weighted by molar-refractivity contribution is 6.13. The van der Waals surface area contributed by atoms with Crippen LogP contribution >= 0.6 is 0 Å². The topological polar surface area (TPSA) is 54.4 Å². The third-order valence-electron chi connectivity index (χ3n) is 4.00. The largest absolute Gasteiger partial charge is 0.478 e. The van der Waals surface area contributed by atoms with Gasteiger partial charge in [-0.1, -0.05) is 68.4 Å². The number of Topliss-reactive ketones (excluding diaryl/α,β-unsaturated/α-hetero) is 1. The minimum atomic E-state index is -0.971. The highest BCUT2D eigenvalue weighted by Gasteiger charge is 2.25. The fraction of sp³-hybridized carbons (Fsp3) is 0.238. The van der Waals surface area contributed by atoms with E-state index in [-0.39, 0.29) is 11.4 Å². The van der Waals surface area contributed by atoms with E-state index in [0.717, 1.165) is 17.5 Å². The van der Waals surface area contributed by atoms with E-state index >= 15 is 0 Å². The molecule has 0 spiro atoms. The summed E-state index contributed by atoms with van der Waals surface area (Å²) in [5.74, 6) is -1.13. The van der Waals surface area contributed by atoms with Crippen molar-refractivity contribution in [3.8, 4) is 11.1 Å². The van der Waals surface area contributed by atoms with Crippen LogP contribution in [0.3, 0.4) is 0 Å². The molecule has 0 fully saturated rings. The molecule has 0 radical (unpaired) electrons. The minimum absolute atomic E-state index is 0.158. The Morgan fingerprint density at radius 3 is 1.92 bits per heavy atom. The maximum Gasteiger partial charge on any atom is 0.331 e. The highest BCUT2D eigenvalue weighted by atomic mass is 16.4. The third kappa shape index (κ3) is 3.80. The molecule has 0 aromatic heterocycles. The van der Waals surface area contributed by atoms with Gasteiger partial charge < -0.3 is 5.11 Å². The second-order valence-electron chi connectivity index (χ2n) is 5.39. The number of rotatable bonds is 4. The summed E-state index contributed by atoms with van der Waals surface area (Å²) in [6.07, 6.45) is 1.78. The van der Waals surface area contributed by atoms with Gasteiger partial charge >= 0.3 is 5.97 Å². The molecule has 3 nitrogen and oxygen atoms in total. The molecule has 0 heterocycles. The van der Waals surface area contributed by atoms with Crippen LogP contribution in [0.1, 0.15) is 43.5 Å². The predicted molar refractivity (Wildman–Crippen MR) is 96.1 cm³/mol. The lowest BCUT2D eigenvalue weighted by Crippen LogP contribution is -2.08. The smallest absolute Gasteiger partial charge is 0.331 e. The van der Waals surface area contributed by atoms with Gasteiger partial charge in [0, 0.05) is 16.7 Å². The van der Waals surface area contributed by atoms with E-state index in [2.05, 4.69) is 0 Å². The average Bonchev–Trinajstić information content (AvgIpc) is 3.14. The highest BCUT2D eigenvalue weighted by Crippen LogP contribution is 2.29. The molecule has 0 bridgehead atoms. The summed E-state index contributed by atoms with van der Waals surface area (Å²) in [6.45, 7) is 4.00. The summed E-state index contributed by atoms with van der Waals surface area (Å²) in [6, 6.07) is 17.3. The van der Waals surface area contributed by atoms with Gasteiger partial charge in [-0.05, 0) is 30.4 Å². The standard InChI is InChI=1S/C19H16O3.C2H6/c20-18(16-7-4-8-17(16)19(21)22)15-11-9-14(10-12-15)13-5-2-1-3-6-13;1-2/h1-3,5-6,9-12H,4,7-8H2,(H,21,22);1-2H3. The molecule has 3 heteroatoms. The maximum absolute atomic E-state index is 12.5. The van der Waals surface area contributed by atoms with Crippen molar-refractivity contribution in [3.63, 3.8) is 0 Å². The molecule has 124 valence electrons. The number of hydrogen-bond donors (Lipinski definition) is 1. The molecule has 0 unspecified atom stereocenters. The Labute approximate surface area is 142 Å². The first-order chi connectivity index (χ1) is 11.7. The minimum Gasteiger partial charge on any atom is -0.478 e. The lowest BCUT2D eigenvalue weighted by atomic mass is 9.97. The Balaban J connectivity index is 0.00000100. The van der Waals surface area contributed by atoms with Crippen molar-refractivity contribution < 1.29 is 14.7 Å². The maximum atomic E-state index is 12.5. The van der Waals surface area contributed by atoms with Crippen LogP contribution in [0, 0.1) is 0 Å². The van der Waals surface area contributed by atoms with Crippen LogP contribution in [-0.4, -0.2) is 16.9 Å². The molecule has 1 aliphatic rings. The van der Waals surface area contributed by atoms with E-state index in [1.54, 1.807) is 12.1 Å². The van der Waals surface area contributed by atoms with Gasteiger partial charge in [0.25, 0.3) is 0 Å². The van der Waals surface area contributed by atoms with E-state index < -0.39 is 5.97 Å². The van der Waals surface area contributed by atoms with Crippen molar-refractivity contribution in [2.75, 3.05) is 0 Å². The van der Waals surface area contributed by atoms with Crippen LogP contribution < -0.4 is 0 Å². The summed E-state index contributed by atoms with van der Waals surface area (Å²) in [5.41, 5.74) is 3.41. The van der Waals surface area contributed by atoms with E-state index in [4.69, 9.17) is 5.11 Å². The Hall–Kier alpha value is -2.68. The molecule has 0 saturated heterocycles. The van der Waals surface area contributed by atoms with Crippen LogP contribution in [0.4, 0.5) is 0 Å². The number of benzene rings is 2. The molecule has 2 aromatic carbocycles. The molecule has 0 saturated carbocycles. The Morgan fingerprint density at radius 1 is 0.792 bits per heavy atom. The zero-order chi connectivity index (χ0) is 17.5. The van der Waals surface area contributed by atoms with Crippen molar-refractivity contribution in [2.45, 2.75) is 33.1 Å². The van der Waals surface area contributed by atoms with E-state index in [9.17, 15) is 9.59 Å². The zero-order valence-corrected chi connectivity index (χ0v) is 14.1. The monoisotopic (exact) mass is 322 g/mol. The normalized spacial score (nSPS) is 13.2. The first-order valence-electron chi connectivity index (χ1n) is 8.32. The number of carboxylic acids is 1. The van der Waals surface area contributed by atoms with Crippen LogP contribution in [0.25, 0.3) is 11.1 Å². The number of carbonyl (C=O) groups is 2. The van der Waals surface area contributed by atoms with Crippen molar-refractivity contribution >= 4 is 11.8 Å². The lowest BCUT2D eigenvalue weighted by Gasteiger charge is -2.06. The lowest BCUT2D eigenvalue weighted by molar-refractivity contribution is -0.132. The number of aliphatic carboxylic acids is 1. The van der Waals surface area contributed by atoms with E-state index in [1.165, 1.54) is 0 Å².